The molecular weight excluding hydrogens is 242 g/mol. The molecule has 0 saturated heterocycles. The molecule has 0 fully saturated rings. The molecule has 4 heteroatoms. The quantitative estimate of drug-likeness (QED) is 0.877. The van der Waals surface area contributed by atoms with E-state index in [4.69, 9.17) is 5.11 Å². The molecule has 0 heterocycles. The molecule has 0 aliphatic carbocycles. The highest BCUT2D eigenvalue weighted by molar-refractivity contribution is 5.97. The van der Waals surface area contributed by atoms with Crippen molar-refractivity contribution in [2.24, 2.45) is 5.41 Å². The minimum Gasteiger partial charge on any atom is -0.481 e. The molecule has 1 amide bonds. The van der Waals surface area contributed by atoms with Gasteiger partial charge in [-0.05, 0) is 43.5 Å². The number of carboxylic acid groups (broad SMARTS) is 1. The first-order chi connectivity index (χ1) is 8.63. The third-order valence-electron chi connectivity index (χ3n) is 3.30. The van der Waals surface area contributed by atoms with Crippen molar-refractivity contribution in [1.82, 2.24) is 0 Å². The van der Waals surface area contributed by atoms with Crippen molar-refractivity contribution in [1.29, 1.82) is 0 Å². The number of carbonyl (C=O) groups is 2. The lowest BCUT2D eigenvalue weighted by Crippen LogP contribution is -2.33. The Balaban J connectivity index is 2.94. The molecule has 104 valence electrons. The molecule has 0 unspecified atom stereocenters. The molecule has 0 spiro atoms. The topological polar surface area (TPSA) is 66.4 Å². The molecule has 1 rings (SSSR count). The maximum atomic E-state index is 12.1. The summed E-state index contributed by atoms with van der Waals surface area (Å²) in [6, 6.07) is 3.93. The number of aryl methyl sites for hydroxylation is 3. The SMILES string of the molecule is Cc1cc(C)c(NC(=O)C(C)(C)CC(=O)O)cc1C. The lowest BCUT2D eigenvalue weighted by Gasteiger charge is -2.22. The van der Waals surface area contributed by atoms with Crippen molar-refractivity contribution in [2.45, 2.75) is 41.0 Å². The van der Waals surface area contributed by atoms with E-state index in [9.17, 15) is 9.59 Å². The number of carboxylic acids is 1. The van der Waals surface area contributed by atoms with Crippen LogP contribution in [0.1, 0.15) is 37.0 Å². The van der Waals surface area contributed by atoms with Crippen LogP contribution in [0.2, 0.25) is 0 Å². The van der Waals surface area contributed by atoms with Crippen molar-refractivity contribution in [3.05, 3.63) is 28.8 Å². The molecule has 0 bridgehead atoms. The zero-order valence-corrected chi connectivity index (χ0v) is 12.1. The highest BCUT2D eigenvalue weighted by atomic mass is 16.4. The fourth-order valence-corrected chi connectivity index (χ4v) is 1.85. The Bertz CT molecular complexity index is 518. The van der Waals surface area contributed by atoms with Gasteiger partial charge in [-0.1, -0.05) is 19.9 Å². The number of rotatable bonds is 4. The standard InChI is InChI=1S/C15H21NO3/c1-9-6-11(3)12(7-10(9)2)16-14(19)15(4,5)8-13(17)18/h6-7H,8H2,1-5H3,(H,16,19)(H,17,18). The number of nitrogens with one attached hydrogen (secondary N) is 1. The van der Waals surface area contributed by atoms with E-state index in [1.807, 2.05) is 32.9 Å². The van der Waals surface area contributed by atoms with Crippen LogP contribution < -0.4 is 5.32 Å². The van der Waals surface area contributed by atoms with E-state index in [1.165, 1.54) is 5.56 Å². The summed E-state index contributed by atoms with van der Waals surface area (Å²) in [4.78, 5) is 22.9. The van der Waals surface area contributed by atoms with E-state index in [-0.39, 0.29) is 12.3 Å². The first-order valence-electron chi connectivity index (χ1n) is 6.24. The highest BCUT2D eigenvalue weighted by Crippen LogP contribution is 2.25. The molecule has 0 aliphatic heterocycles. The van der Waals surface area contributed by atoms with Crippen LogP contribution in [0, 0.1) is 26.2 Å². The molecule has 19 heavy (non-hydrogen) atoms. The smallest absolute Gasteiger partial charge is 0.304 e. The van der Waals surface area contributed by atoms with Gasteiger partial charge in [-0.25, -0.2) is 0 Å². The first-order valence-corrected chi connectivity index (χ1v) is 6.24. The van der Waals surface area contributed by atoms with Gasteiger partial charge in [0.2, 0.25) is 5.91 Å². The van der Waals surface area contributed by atoms with Gasteiger partial charge < -0.3 is 10.4 Å². The number of hydrogen-bond acceptors (Lipinski definition) is 2. The Labute approximate surface area is 113 Å². The zero-order valence-electron chi connectivity index (χ0n) is 12.1. The van der Waals surface area contributed by atoms with E-state index >= 15 is 0 Å². The number of amides is 1. The molecule has 1 aromatic carbocycles. The van der Waals surface area contributed by atoms with E-state index in [2.05, 4.69) is 5.32 Å². The van der Waals surface area contributed by atoms with Crippen molar-refractivity contribution in [3.8, 4) is 0 Å². The second-order valence-corrected chi connectivity index (χ2v) is 5.66. The lowest BCUT2D eigenvalue weighted by atomic mass is 9.88. The lowest BCUT2D eigenvalue weighted by molar-refractivity contribution is -0.142. The van der Waals surface area contributed by atoms with Crippen LogP contribution >= 0.6 is 0 Å². The zero-order chi connectivity index (χ0) is 14.8. The minimum absolute atomic E-state index is 0.192. The number of hydrogen-bond donors (Lipinski definition) is 2. The molecule has 0 saturated carbocycles. The normalized spacial score (nSPS) is 11.2. The number of benzene rings is 1. The average Bonchev–Trinajstić information content (AvgIpc) is 2.23. The van der Waals surface area contributed by atoms with Crippen molar-refractivity contribution in [3.63, 3.8) is 0 Å². The Morgan fingerprint density at radius 3 is 2.16 bits per heavy atom. The highest BCUT2D eigenvalue weighted by Gasteiger charge is 2.30. The molecule has 0 aliphatic rings. The third kappa shape index (κ3) is 3.81. The Hall–Kier alpha value is -1.84. The van der Waals surface area contributed by atoms with E-state index < -0.39 is 11.4 Å². The van der Waals surface area contributed by atoms with E-state index in [1.54, 1.807) is 13.8 Å². The molecule has 0 aromatic heterocycles. The van der Waals surface area contributed by atoms with E-state index in [0.717, 1.165) is 16.8 Å². The van der Waals surface area contributed by atoms with Crippen LogP contribution in [0.25, 0.3) is 0 Å². The maximum absolute atomic E-state index is 12.1. The van der Waals surface area contributed by atoms with Gasteiger partial charge >= 0.3 is 5.97 Å². The van der Waals surface area contributed by atoms with Crippen LogP contribution in [0.5, 0.6) is 0 Å². The Morgan fingerprint density at radius 2 is 1.63 bits per heavy atom. The molecule has 2 N–H and O–H groups in total. The van der Waals surface area contributed by atoms with Gasteiger partial charge in [0.25, 0.3) is 0 Å². The van der Waals surface area contributed by atoms with Gasteiger partial charge in [0.05, 0.1) is 11.8 Å². The summed E-state index contributed by atoms with van der Waals surface area (Å²) in [6.45, 7) is 9.18. The fourth-order valence-electron chi connectivity index (χ4n) is 1.85. The predicted octanol–water partition coefficient (Wildman–Crippen LogP) is 3.05. The van der Waals surface area contributed by atoms with Crippen LogP contribution in [0.3, 0.4) is 0 Å². The summed E-state index contributed by atoms with van der Waals surface area (Å²) in [5, 5.41) is 11.6. The largest absolute Gasteiger partial charge is 0.481 e. The number of aliphatic carboxylic acids is 1. The van der Waals surface area contributed by atoms with Crippen LogP contribution in [-0.4, -0.2) is 17.0 Å². The first kappa shape index (κ1) is 15.2. The van der Waals surface area contributed by atoms with Gasteiger partial charge in [-0.15, -0.1) is 0 Å². The van der Waals surface area contributed by atoms with Gasteiger partial charge in [-0.3, -0.25) is 9.59 Å². The number of anilines is 1. The third-order valence-corrected chi connectivity index (χ3v) is 3.30. The summed E-state index contributed by atoms with van der Waals surface area (Å²) in [6.07, 6.45) is -0.192. The number of carbonyl (C=O) groups excluding carboxylic acids is 1. The Morgan fingerprint density at radius 1 is 1.11 bits per heavy atom. The Kier molecular flexibility index (Phi) is 4.35. The van der Waals surface area contributed by atoms with Crippen LogP contribution in [0.4, 0.5) is 5.69 Å². The van der Waals surface area contributed by atoms with Gasteiger partial charge in [0.1, 0.15) is 0 Å². The van der Waals surface area contributed by atoms with Crippen molar-refractivity contribution >= 4 is 17.6 Å². The van der Waals surface area contributed by atoms with Gasteiger partial charge in [-0.2, -0.15) is 0 Å². The summed E-state index contributed by atoms with van der Waals surface area (Å²) in [5.41, 5.74) is 3.04. The fraction of sp³-hybridized carbons (Fsp3) is 0.467. The minimum atomic E-state index is -0.975. The van der Waals surface area contributed by atoms with Crippen LogP contribution in [0.15, 0.2) is 12.1 Å². The second kappa shape index (κ2) is 5.43. The van der Waals surface area contributed by atoms with Crippen molar-refractivity contribution in [2.75, 3.05) is 5.32 Å². The molecule has 4 nitrogen and oxygen atoms in total. The maximum Gasteiger partial charge on any atom is 0.304 e. The van der Waals surface area contributed by atoms with Gasteiger partial charge in [0, 0.05) is 5.69 Å². The van der Waals surface area contributed by atoms with E-state index in [0.29, 0.717) is 0 Å². The van der Waals surface area contributed by atoms with Crippen molar-refractivity contribution < 1.29 is 14.7 Å². The summed E-state index contributed by atoms with van der Waals surface area (Å²) >= 11 is 0. The van der Waals surface area contributed by atoms with Crippen LogP contribution in [-0.2, 0) is 9.59 Å². The molecular formula is C15H21NO3. The second-order valence-electron chi connectivity index (χ2n) is 5.66. The average molecular weight is 263 g/mol. The molecule has 0 atom stereocenters. The molecule has 1 aromatic rings. The van der Waals surface area contributed by atoms with Gasteiger partial charge in [0.15, 0.2) is 0 Å². The monoisotopic (exact) mass is 263 g/mol. The summed E-state index contributed by atoms with van der Waals surface area (Å²) in [7, 11) is 0. The summed E-state index contributed by atoms with van der Waals surface area (Å²) in [5.74, 6) is -1.25. The summed E-state index contributed by atoms with van der Waals surface area (Å²) < 4.78 is 0. The molecule has 0 radical (unpaired) electrons. The predicted molar refractivity (Wildman–Crippen MR) is 75.3 cm³/mol.